The minimum Gasteiger partial charge on any atom is -0.358 e. The summed E-state index contributed by atoms with van der Waals surface area (Å²) in [6, 6.07) is 3.67. The van der Waals surface area contributed by atoms with Crippen LogP contribution in [0.15, 0.2) is 6.07 Å². The van der Waals surface area contributed by atoms with Gasteiger partial charge in [-0.15, -0.1) is 11.3 Å². The van der Waals surface area contributed by atoms with Crippen LogP contribution in [0.5, 0.6) is 0 Å². The Kier molecular flexibility index (Phi) is 6.62. The van der Waals surface area contributed by atoms with Crippen LogP contribution in [0.3, 0.4) is 0 Å². The van der Waals surface area contributed by atoms with Crippen LogP contribution >= 0.6 is 23.6 Å². The lowest BCUT2D eigenvalue weighted by Gasteiger charge is -2.25. The molecule has 0 saturated heterocycles. The van der Waals surface area contributed by atoms with Crippen LogP contribution in [-0.4, -0.2) is 39.3 Å². The summed E-state index contributed by atoms with van der Waals surface area (Å²) in [5, 5.41) is 23.6. The SMILES string of the molecule is Cn1nc(C#N)cc1NNC(=S)N[C@H]1CCc2sc(NC(=O)C3CC3)c(C(=O)NCC3CC3)c2C1. The molecule has 2 amide bonds. The molecular weight excluding hydrogens is 484 g/mol. The molecule has 184 valence electrons. The number of thiocarbonyl (C=S) groups is 1. The van der Waals surface area contributed by atoms with Crippen LogP contribution in [0.4, 0.5) is 10.8 Å². The predicted octanol–water partition coefficient (Wildman–Crippen LogP) is 2.19. The monoisotopic (exact) mass is 512 g/mol. The summed E-state index contributed by atoms with van der Waals surface area (Å²) in [5.74, 6) is 1.17. The Bertz CT molecular complexity index is 1200. The van der Waals surface area contributed by atoms with E-state index < -0.39 is 0 Å². The molecule has 0 bridgehead atoms. The molecule has 10 nitrogen and oxygen atoms in total. The first kappa shape index (κ1) is 23.6. The molecule has 0 radical (unpaired) electrons. The fourth-order valence-electron chi connectivity index (χ4n) is 4.22. The van der Waals surface area contributed by atoms with Crippen molar-refractivity contribution in [3.63, 3.8) is 0 Å². The normalized spacial score (nSPS) is 18.7. The number of hydrogen-bond acceptors (Lipinski definition) is 7. The molecule has 12 heteroatoms. The van der Waals surface area contributed by atoms with Gasteiger partial charge in [0.05, 0.1) is 5.56 Å². The number of thiophene rings is 1. The van der Waals surface area contributed by atoms with Crippen LogP contribution < -0.4 is 26.8 Å². The van der Waals surface area contributed by atoms with Crippen LogP contribution in [-0.2, 0) is 24.7 Å². The highest BCUT2D eigenvalue weighted by molar-refractivity contribution is 7.80. The number of hydrazine groups is 1. The third kappa shape index (κ3) is 5.57. The Labute approximate surface area is 212 Å². The zero-order valence-corrected chi connectivity index (χ0v) is 21.1. The first-order valence-corrected chi connectivity index (χ1v) is 13.1. The average molecular weight is 513 g/mol. The summed E-state index contributed by atoms with van der Waals surface area (Å²) in [4.78, 5) is 26.8. The molecule has 3 aliphatic rings. The van der Waals surface area contributed by atoms with Crippen molar-refractivity contribution in [3.05, 3.63) is 27.8 Å². The maximum atomic E-state index is 13.2. The lowest BCUT2D eigenvalue weighted by atomic mass is 9.91. The number of amides is 2. The maximum Gasteiger partial charge on any atom is 0.254 e. The fourth-order valence-corrected chi connectivity index (χ4v) is 5.69. The Hall–Kier alpha value is -3.17. The second-order valence-corrected chi connectivity index (χ2v) is 11.0. The number of anilines is 2. The van der Waals surface area contributed by atoms with Crippen LogP contribution in [0.2, 0.25) is 0 Å². The van der Waals surface area contributed by atoms with Crippen molar-refractivity contribution in [1.82, 2.24) is 25.8 Å². The van der Waals surface area contributed by atoms with E-state index in [0.717, 1.165) is 49.0 Å². The molecule has 0 aliphatic heterocycles. The summed E-state index contributed by atoms with van der Waals surface area (Å²) in [5.41, 5.74) is 7.83. The summed E-state index contributed by atoms with van der Waals surface area (Å²) in [7, 11) is 1.73. The summed E-state index contributed by atoms with van der Waals surface area (Å²) in [6.45, 7) is 0.683. The maximum absolute atomic E-state index is 13.2. The van der Waals surface area contributed by atoms with Gasteiger partial charge in [-0.2, -0.15) is 10.4 Å². The lowest BCUT2D eigenvalue weighted by Crippen LogP contribution is -2.46. The quantitative estimate of drug-likeness (QED) is 0.268. The van der Waals surface area contributed by atoms with Gasteiger partial charge in [0.25, 0.3) is 5.91 Å². The van der Waals surface area contributed by atoms with Crippen LogP contribution in [0, 0.1) is 23.2 Å². The molecule has 5 N–H and O–H groups in total. The molecule has 2 fully saturated rings. The van der Waals surface area contributed by atoms with Crippen molar-refractivity contribution in [2.24, 2.45) is 18.9 Å². The van der Waals surface area contributed by atoms with Crippen LogP contribution in [0.1, 0.15) is 58.6 Å². The Morgan fingerprint density at radius 3 is 2.77 bits per heavy atom. The zero-order valence-electron chi connectivity index (χ0n) is 19.4. The van der Waals surface area contributed by atoms with Gasteiger partial charge in [-0.1, -0.05) is 0 Å². The number of fused-ring (bicyclic) bond motifs is 1. The van der Waals surface area contributed by atoms with E-state index in [1.165, 1.54) is 11.3 Å². The van der Waals surface area contributed by atoms with E-state index in [0.29, 0.717) is 46.1 Å². The van der Waals surface area contributed by atoms with E-state index in [9.17, 15) is 9.59 Å². The number of aromatic nitrogens is 2. The Balaban J connectivity index is 1.25. The van der Waals surface area contributed by atoms with Gasteiger partial charge in [0, 0.05) is 36.5 Å². The van der Waals surface area contributed by atoms with Gasteiger partial charge < -0.3 is 16.0 Å². The van der Waals surface area contributed by atoms with Crippen molar-refractivity contribution in [2.45, 2.75) is 51.0 Å². The molecule has 1 atom stereocenters. The van der Waals surface area contributed by atoms with Gasteiger partial charge in [0.15, 0.2) is 10.8 Å². The number of rotatable bonds is 8. The van der Waals surface area contributed by atoms with Crippen molar-refractivity contribution < 1.29 is 9.59 Å². The molecule has 3 aliphatic carbocycles. The van der Waals surface area contributed by atoms with Gasteiger partial charge in [-0.3, -0.25) is 25.1 Å². The van der Waals surface area contributed by atoms with E-state index in [2.05, 4.69) is 31.9 Å². The standard InChI is InChI=1S/C23H28N8O2S2/c1-31-18(9-15(10-24)30-31)28-29-23(34)26-14-6-7-17-16(8-14)19(21(33)25-11-12-2-3-12)22(35-17)27-20(32)13-4-5-13/h9,12-14,28H,2-8,11H2,1H3,(H,25,33)(H,27,32)(H2,26,29,34)/t14-/m0/s1. The Morgan fingerprint density at radius 1 is 1.29 bits per heavy atom. The Morgan fingerprint density at radius 2 is 2.09 bits per heavy atom. The van der Waals surface area contributed by atoms with Crippen molar-refractivity contribution >= 4 is 51.3 Å². The predicted molar refractivity (Wildman–Crippen MR) is 137 cm³/mol. The van der Waals surface area contributed by atoms with E-state index in [1.54, 1.807) is 17.8 Å². The smallest absolute Gasteiger partial charge is 0.254 e. The lowest BCUT2D eigenvalue weighted by molar-refractivity contribution is -0.117. The van der Waals surface area contributed by atoms with E-state index >= 15 is 0 Å². The van der Waals surface area contributed by atoms with Crippen molar-refractivity contribution in [1.29, 1.82) is 5.26 Å². The van der Waals surface area contributed by atoms with E-state index in [1.807, 2.05) is 6.07 Å². The fraction of sp³-hybridized carbons (Fsp3) is 0.522. The number of carbonyl (C=O) groups excluding carboxylic acids is 2. The topological polar surface area (TPSA) is 136 Å². The van der Waals surface area contributed by atoms with Gasteiger partial charge in [0.2, 0.25) is 5.91 Å². The van der Waals surface area contributed by atoms with E-state index in [4.69, 9.17) is 17.5 Å². The highest BCUT2D eigenvalue weighted by Crippen LogP contribution is 2.40. The van der Waals surface area contributed by atoms with Crippen LogP contribution in [0.25, 0.3) is 0 Å². The number of nitriles is 1. The number of nitrogens with one attached hydrogen (secondary N) is 5. The first-order chi connectivity index (χ1) is 16.9. The zero-order chi connectivity index (χ0) is 24.5. The van der Waals surface area contributed by atoms with Crippen molar-refractivity contribution in [2.75, 3.05) is 17.3 Å². The molecule has 2 aromatic rings. The summed E-state index contributed by atoms with van der Waals surface area (Å²) >= 11 is 6.99. The first-order valence-electron chi connectivity index (χ1n) is 11.9. The summed E-state index contributed by atoms with van der Waals surface area (Å²) in [6.07, 6.45) is 6.47. The second-order valence-electron chi connectivity index (χ2n) is 9.44. The average Bonchev–Trinajstić information content (AvgIpc) is 3.76. The van der Waals surface area contributed by atoms with Gasteiger partial charge in [-0.25, -0.2) is 0 Å². The molecule has 2 aromatic heterocycles. The highest BCUT2D eigenvalue weighted by atomic mass is 32.1. The van der Waals surface area contributed by atoms with Crippen molar-refractivity contribution in [3.8, 4) is 6.07 Å². The number of aryl methyl sites for hydroxylation is 2. The van der Waals surface area contributed by atoms with Gasteiger partial charge >= 0.3 is 0 Å². The molecule has 2 heterocycles. The molecule has 5 rings (SSSR count). The highest BCUT2D eigenvalue weighted by Gasteiger charge is 2.34. The molecule has 0 unspecified atom stereocenters. The molecule has 0 spiro atoms. The minimum absolute atomic E-state index is 0.0145. The minimum atomic E-state index is -0.104. The third-order valence-corrected chi connectivity index (χ3v) is 7.98. The second kappa shape index (κ2) is 9.83. The molecule has 0 aromatic carbocycles. The number of hydrogen-bond donors (Lipinski definition) is 5. The van der Waals surface area contributed by atoms with Gasteiger partial charge in [0.1, 0.15) is 16.9 Å². The van der Waals surface area contributed by atoms with E-state index in [-0.39, 0.29) is 23.8 Å². The third-order valence-electron chi connectivity index (χ3n) is 6.55. The number of carbonyl (C=O) groups is 2. The largest absolute Gasteiger partial charge is 0.358 e. The number of nitrogens with zero attached hydrogens (tertiary/aromatic N) is 3. The summed E-state index contributed by atoms with van der Waals surface area (Å²) < 4.78 is 1.55. The molecule has 35 heavy (non-hydrogen) atoms. The molecule has 2 saturated carbocycles. The van der Waals surface area contributed by atoms with Gasteiger partial charge in [-0.05, 0) is 68.6 Å². The molecular formula is C23H28N8O2S2.